The summed E-state index contributed by atoms with van der Waals surface area (Å²) in [5.74, 6) is 0.908. The van der Waals surface area contributed by atoms with E-state index in [1.165, 1.54) is 25.8 Å². The van der Waals surface area contributed by atoms with Crippen molar-refractivity contribution in [2.75, 3.05) is 19.8 Å². The second-order valence-electron chi connectivity index (χ2n) is 3.40. The minimum Gasteiger partial charge on any atom is -0.381 e. The summed E-state index contributed by atoms with van der Waals surface area (Å²) in [5, 5.41) is 3.52. The average Bonchev–Trinajstić information content (AvgIpc) is 2.30. The topological polar surface area (TPSA) is 21.3 Å². The quantitative estimate of drug-likeness (QED) is 0.538. The van der Waals surface area contributed by atoms with E-state index < -0.39 is 0 Å². The number of hydrogen-bond acceptors (Lipinski definition) is 2. The van der Waals surface area contributed by atoms with Crippen molar-refractivity contribution >= 4 is 0 Å². The number of nitrogens with one attached hydrogen (secondary N) is 1. The Morgan fingerprint density at radius 1 is 1.20 bits per heavy atom. The minimum absolute atomic E-state index is 0.769. The fraction of sp³-hybridized carbons (Fsp3) is 1.00. The Kier molecular flexibility index (Phi) is 1.91. The van der Waals surface area contributed by atoms with Crippen molar-refractivity contribution in [3.63, 3.8) is 0 Å². The molecule has 2 heteroatoms. The molecule has 0 saturated carbocycles. The van der Waals surface area contributed by atoms with E-state index in [0.29, 0.717) is 0 Å². The predicted octanol–water partition coefficient (Wildman–Crippen LogP) is 0.775. The van der Waals surface area contributed by atoms with Gasteiger partial charge in [-0.05, 0) is 31.7 Å². The Hall–Kier alpha value is -0.0800. The van der Waals surface area contributed by atoms with Gasteiger partial charge in [0, 0.05) is 19.3 Å². The van der Waals surface area contributed by atoms with Crippen LogP contribution in [0.4, 0.5) is 0 Å². The Labute approximate surface area is 61.9 Å². The zero-order valence-corrected chi connectivity index (χ0v) is 6.31. The van der Waals surface area contributed by atoms with E-state index in [9.17, 15) is 0 Å². The SMILES string of the molecule is C1CC2CNC(CCO1)C2. The van der Waals surface area contributed by atoms with Crippen LogP contribution in [0.2, 0.25) is 0 Å². The first-order chi connectivity index (χ1) is 4.95. The van der Waals surface area contributed by atoms with Gasteiger partial charge in [-0.1, -0.05) is 0 Å². The summed E-state index contributed by atoms with van der Waals surface area (Å²) in [5.41, 5.74) is 0. The normalized spacial score (nSPS) is 40.8. The molecule has 2 bridgehead atoms. The van der Waals surface area contributed by atoms with Crippen molar-refractivity contribution in [3.05, 3.63) is 0 Å². The average molecular weight is 141 g/mol. The lowest BCUT2D eigenvalue weighted by Crippen LogP contribution is -2.22. The standard InChI is InChI=1S/C8H15NO/c1-3-10-4-2-8-5-7(1)6-9-8/h7-9H,1-6H2. The maximum absolute atomic E-state index is 5.42. The van der Waals surface area contributed by atoms with Gasteiger partial charge in [0.25, 0.3) is 0 Å². The van der Waals surface area contributed by atoms with Crippen LogP contribution >= 0.6 is 0 Å². The molecule has 2 fully saturated rings. The highest BCUT2D eigenvalue weighted by Gasteiger charge is 2.24. The first kappa shape index (κ1) is 6.62. The maximum Gasteiger partial charge on any atom is 0.0480 e. The van der Waals surface area contributed by atoms with Crippen molar-refractivity contribution < 1.29 is 4.74 Å². The molecule has 2 unspecified atom stereocenters. The van der Waals surface area contributed by atoms with Gasteiger partial charge in [-0.2, -0.15) is 0 Å². The highest BCUT2D eigenvalue weighted by Crippen LogP contribution is 2.21. The van der Waals surface area contributed by atoms with Gasteiger partial charge in [0.15, 0.2) is 0 Å². The lowest BCUT2D eigenvalue weighted by atomic mass is 10.0. The Morgan fingerprint density at radius 2 is 2.10 bits per heavy atom. The molecule has 0 aromatic rings. The monoisotopic (exact) mass is 141 g/mol. The molecule has 2 aliphatic heterocycles. The molecule has 2 aliphatic rings. The molecular formula is C8H15NO. The Balaban J connectivity index is 1.91. The van der Waals surface area contributed by atoms with Crippen LogP contribution in [-0.4, -0.2) is 25.8 Å². The molecule has 1 N–H and O–H groups in total. The number of hydrogen-bond donors (Lipinski definition) is 1. The zero-order chi connectivity index (χ0) is 6.81. The van der Waals surface area contributed by atoms with Crippen molar-refractivity contribution in [1.29, 1.82) is 0 Å². The summed E-state index contributed by atoms with van der Waals surface area (Å²) in [6, 6.07) is 0.769. The molecule has 2 saturated heterocycles. The van der Waals surface area contributed by atoms with Gasteiger partial charge >= 0.3 is 0 Å². The lowest BCUT2D eigenvalue weighted by molar-refractivity contribution is 0.106. The van der Waals surface area contributed by atoms with Gasteiger partial charge in [-0.15, -0.1) is 0 Å². The fourth-order valence-electron chi connectivity index (χ4n) is 1.92. The third-order valence-corrected chi connectivity index (χ3v) is 2.59. The second-order valence-corrected chi connectivity index (χ2v) is 3.40. The van der Waals surface area contributed by atoms with Crippen LogP contribution in [0.1, 0.15) is 19.3 Å². The van der Waals surface area contributed by atoms with E-state index in [1.807, 2.05) is 0 Å². The van der Waals surface area contributed by atoms with E-state index in [2.05, 4.69) is 5.32 Å². The molecule has 2 heterocycles. The second kappa shape index (κ2) is 2.89. The number of ether oxygens (including phenoxy) is 1. The van der Waals surface area contributed by atoms with Crippen LogP contribution in [0.5, 0.6) is 0 Å². The van der Waals surface area contributed by atoms with Gasteiger partial charge in [-0.3, -0.25) is 0 Å². The van der Waals surface area contributed by atoms with E-state index in [0.717, 1.165) is 25.2 Å². The number of rotatable bonds is 0. The summed E-state index contributed by atoms with van der Waals surface area (Å²) >= 11 is 0. The minimum atomic E-state index is 0.769. The Bertz CT molecular complexity index is 104. The van der Waals surface area contributed by atoms with Crippen LogP contribution < -0.4 is 5.32 Å². The van der Waals surface area contributed by atoms with Crippen LogP contribution in [0.15, 0.2) is 0 Å². The highest BCUT2D eigenvalue weighted by atomic mass is 16.5. The molecule has 2 nitrogen and oxygen atoms in total. The fourth-order valence-corrected chi connectivity index (χ4v) is 1.92. The number of fused-ring (bicyclic) bond motifs is 2. The molecule has 0 amide bonds. The Morgan fingerprint density at radius 3 is 3.10 bits per heavy atom. The first-order valence-electron chi connectivity index (χ1n) is 4.26. The molecule has 0 aromatic carbocycles. The van der Waals surface area contributed by atoms with Gasteiger partial charge in [0.2, 0.25) is 0 Å². The third-order valence-electron chi connectivity index (χ3n) is 2.59. The largest absolute Gasteiger partial charge is 0.381 e. The van der Waals surface area contributed by atoms with Crippen molar-refractivity contribution in [2.45, 2.75) is 25.3 Å². The summed E-state index contributed by atoms with van der Waals surface area (Å²) < 4.78 is 5.42. The van der Waals surface area contributed by atoms with Crippen LogP contribution in [0.3, 0.4) is 0 Å². The smallest absolute Gasteiger partial charge is 0.0480 e. The van der Waals surface area contributed by atoms with Crippen LogP contribution in [-0.2, 0) is 4.74 Å². The summed E-state index contributed by atoms with van der Waals surface area (Å²) in [7, 11) is 0. The molecular weight excluding hydrogens is 126 g/mol. The first-order valence-corrected chi connectivity index (χ1v) is 4.26. The van der Waals surface area contributed by atoms with Crippen LogP contribution in [0.25, 0.3) is 0 Å². The van der Waals surface area contributed by atoms with Gasteiger partial charge in [0.1, 0.15) is 0 Å². The van der Waals surface area contributed by atoms with E-state index in [4.69, 9.17) is 4.74 Å². The third kappa shape index (κ3) is 1.32. The van der Waals surface area contributed by atoms with Crippen molar-refractivity contribution in [2.24, 2.45) is 5.92 Å². The zero-order valence-electron chi connectivity index (χ0n) is 6.31. The molecule has 58 valence electrons. The van der Waals surface area contributed by atoms with Gasteiger partial charge in [-0.25, -0.2) is 0 Å². The van der Waals surface area contributed by atoms with Crippen molar-refractivity contribution in [3.8, 4) is 0 Å². The summed E-state index contributed by atoms with van der Waals surface area (Å²) in [6.45, 7) is 3.18. The predicted molar refractivity (Wildman–Crippen MR) is 40.0 cm³/mol. The van der Waals surface area contributed by atoms with Gasteiger partial charge in [0.05, 0.1) is 0 Å². The highest BCUT2D eigenvalue weighted by molar-refractivity contribution is 4.82. The van der Waals surface area contributed by atoms with Crippen LogP contribution in [0, 0.1) is 5.92 Å². The molecule has 0 aliphatic carbocycles. The molecule has 0 aromatic heterocycles. The molecule has 0 spiro atoms. The van der Waals surface area contributed by atoms with E-state index in [1.54, 1.807) is 0 Å². The molecule has 2 atom stereocenters. The van der Waals surface area contributed by atoms with E-state index >= 15 is 0 Å². The van der Waals surface area contributed by atoms with Gasteiger partial charge < -0.3 is 10.1 Å². The maximum atomic E-state index is 5.42. The molecule has 2 rings (SSSR count). The molecule has 0 radical (unpaired) electrons. The summed E-state index contributed by atoms with van der Waals surface area (Å²) in [4.78, 5) is 0. The lowest BCUT2D eigenvalue weighted by Gasteiger charge is -2.14. The van der Waals surface area contributed by atoms with Crippen molar-refractivity contribution in [1.82, 2.24) is 5.32 Å². The molecule has 10 heavy (non-hydrogen) atoms. The summed E-state index contributed by atoms with van der Waals surface area (Å²) in [6.07, 6.45) is 3.88. The van der Waals surface area contributed by atoms with E-state index in [-0.39, 0.29) is 0 Å².